The van der Waals surface area contributed by atoms with Gasteiger partial charge in [0.1, 0.15) is 5.65 Å². The van der Waals surface area contributed by atoms with E-state index in [1.807, 2.05) is 59.1 Å². The third kappa shape index (κ3) is 4.24. The molecule has 0 aliphatic rings. The molecule has 0 spiro atoms. The molecule has 2 aromatic heterocycles. The van der Waals surface area contributed by atoms with Crippen molar-refractivity contribution >= 4 is 23.2 Å². The molecule has 0 atom stereocenters. The first-order chi connectivity index (χ1) is 13.7. The van der Waals surface area contributed by atoms with Crippen molar-refractivity contribution in [1.29, 1.82) is 0 Å². The molecule has 0 saturated carbocycles. The zero-order chi connectivity index (χ0) is 19.3. The predicted octanol–water partition coefficient (Wildman–Crippen LogP) is 4.70. The van der Waals surface area contributed by atoms with E-state index in [0.29, 0.717) is 17.1 Å². The number of fused-ring (bicyclic) bond motifs is 1. The number of hydrogen-bond acceptors (Lipinski definition) is 2. The van der Waals surface area contributed by atoms with Gasteiger partial charge >= 0.3 is 0 Å². The summed E-state index contributed by atoms with van der Waals surface area (Å²) >= 11 is 6.01. The summed E-state index contributed by atoms with van der Waals surface area (Å²) in [6.07, 6.45) is 5.40. The second-order valence-corrected chi connectivity index (χ2v) is 7.11. The molecule has 0 fully saturated rings. The Hall–Kier alpha value is -3.11. The summed E-state index contributed by atoms with van der Waals surface area (Å²) in [5.74, 6) is -0.0845. The number of nitrogens with zero attached hydrogens (tertiary/aromatic N) is 2. The molecule has 5 heteroatoms. The van der Waals surface area contributed by atoms with Crippen LogP contribution in [0.15, 0.2) is 79.1 Å². The van der Waals surface area contributed by atoms with Gasteiger partial charge < -0.3 is 9.72 Å². The number of nitrogens with one attached hydrogen (secondary N) is 1. The van der Waals surface area contributed by atoms with Crippen LogP contribution in [0.3, 0.4) is 0 Å². The molecule has 4 rings (SSSR count). The maximum Gasteiger partial charge on any atom is 0.251 e. The summed E-state index contributed by atoms with van der Waals surface area (Å²) in [5, 5.41) is 3.63. The Morgan fingerprint density at radius 1 is 0.929 bits per heavy atom. The summed E-state index contributed by atoms with van der Waals surface area (Å²) in [7, 11) is 0. The van der Waals surface area contributed by atoms with Crippen LogP contribution in [-0.4, -0.2) is 15.3 Å². The lowest BCUT2D eigenvalue weighted by molar-refractivity contribution is 0.0949. The van der Waals surface area contributed by atoms with Crippen LogP contribution in [0.5, 0.6) is 0 Å². The Kier molecular flexibility index (Phi) is 5.40. The first kappa shape index (κ1) is 18.3. The van der Waals surface area contributed by atoms with Crippen LogP contribution < -0.4 is 5.32 Å². The van der Waals surface area contributed by atoms with Crippen LogP contribution in [0.4, 0.5) is 0 Å². The van der Waals surface area contributed by atoms with Gasteiger partial charge in [-0.2, -0.15) is 0 Å². The molecule has 1 N–H and O–H groups in total. The third-order valence-electron chi connectivity index (χ3n) is 4.68. The molecule has 0 unspecified atom stereocenters. The first-order valence-electron chi connectivity index (χ1n) is 9.22. The second kappa shape index (κ2) is 8.28. The van der Waals surface area contributed by atoms with Gasteiger partial charge in [-0.1, -0.05) is 60.1 Å². The molecule has 2 aromatic carbocycles. The lowest BCUT2D eigenvalue weighted by atomic mass is 9.99. The minimum atomic E-state index is -0.0845. The largest absolute Gasteiger partial charge is 0.346 e. The Morgan fingerprint density at radius 2 is 1.71 bits per heavy atom. The summed E-state index contributed by atoms with van der Waals surface area (Å²) < 4.78 is 1.86. The average molecular weight is 390 g/mol. The molecule has 140 valence electrons. The molecule has 0 aliphatic carbocycles. The van der Waals surface area contributed by atoms with Crippen molar-refractivity contribution in [2.24, 2.45) is 0 Å². The van der Waals surface area contributed by atoms with E-state index in [1.54, 1.807) is 12.3 Å². The number of imidazole rings is 1. The van der Waals surface area contributed by atoms with Crippen molar-refractivity contribution in [2.45, 2.75) is 19.4 Å². The number of hydrogen-bond donors (Lipinski definition) is 1. The molecular weight excluding hydrogens is 370 g/mol. The van der Waals surface area contributed by atoms with Gasteiger partial charge in [0.15, 0.2) is 0 Å². The van der Waals surface area contributed by atoms with E-state index in [4.69, 9.17) is 11.6 Å². The Bertz CT molecular complexity index is 1110. The minimum absolute atomic E-state index is 0.0845. The fraction of sp³-hybridized carbons (Fsp3) is 0.130. The van der Waals surface area contributed by atoms with Crippen LogP contribution in [0.2, 0.25) is 5.02 Å². The van der Waals surface area contributed by atoms with Crippen LogP contribution >= 0.6 is 11.6 Å². The number of aromatic nitrogens is 2. The highest BCUT2D eigenvalue weighted by Crippen LogP contribution is 2.14. The van der Waals surface area contributed by atoms with E-state index < -0.39 is 0 Å². The molecule has 0 aliphatic heterocycles. The van der Waals surface area contributed by atoms with Gasteiger partial charge in [-0.05, 0) is 42.2 Å². The molecule has 4 nitrogen and oxygen atoms in total. The number of carbonyl (C=O) groups excluding carboxylic acids is 1. The Labute approximate surface area is 168 Å². The summed E-state index contributed by atoms with van der Waals surface area (Å²) in [6, 6.07) is 21.7. The smallest absolute Gasteiger partial charge is 0.251 e. The predicted molar refractivity (Wildman–Crippen MR) is 112 cm³/mol. The molecule has 0 radical (unpaired) electrons. The molecule has 28 heavy (non-hydrogen) atoms. The van der Waals surface area contributed by atoms with Gasteiger partial charge in [0, 0.05) is 18.0 Å². The van der Waals surface area contributed by atoms with Crippen molar-refractivity contribution in [2.75, 3.05) is 0 Å². The van der Waals surface area contributed by atoms with Crippen LogP contribution in [0.1, 0.15) is 27.2 Å². The van der Waals surface area contributed by atoms with Gasteiger partial charge in [-0.15, -0.1) is 0 Å². The zero-order valence-electron chi connectivity index (χ0n) is 15.3. The molecule has 0 bridgehead atoms. The number of aryl methyl sites for hydroxylation is 2. The van der Waals surface area contributed by atoms with E-state index in [0.717, 1.165) is 29.7 Å². The lowest BCUT2D eigenvalue weighted by Crippen LogP contribution is -2.24. The molecule has 1 amide bonds. The van der Waals surface area contributed by atoms with Gasteiger partial charge in [-0.25, -0.2) is 4.98 Å². The van der Waals surface area contributed by atoms with Gasteiger partial charge in [0.05, 0.1) is 17.3 Å². The SMILES string of the molecule is O=C(NCc1cn2cc(Cl)ccc2n1)c1ccccc1CCc1ccccc1. The summed E-state index contributed by atoms with van der Waals surface area (Å²) in [4.78, 5) is 17.3. The van der Waals surface area contributed by atoms with E-state index in [-0.39, 0.29) is 5.91 Å². The lowest BCUT2D eigenvalue weighted by Gasteiger charge is -2.10. The Morgan fingerprint density at radius 3 is 2.57 bits per heavy atom. The topological polar surface area (TPSA) is 46.4 Å². The normalized spacial score (nSPS) is 10.9. The highest BCUT2D eigenvalue weighted by molar-refractivity contribution is 6.30. The van der Waals surface area contributed by atoms with Gasteiger partial charge in [-0.3, -0.25) is 4.79 Å². The average Bonchev–Trinajstić information content (AvgIpc) is 3.13. The Balaban J connectivity index is 1.44. The standard InChI is InChI=1S/C23H20ClN3O/c24-19-12-13-22-26-20(16-27(22)15-19)14-25-23(28)21-9-5-4-8-18(21)11-10-17-6-2-1-3-7-17/h1-9,12-13,15-16H,10-11,14H2,(H,25,28). The number of amides is 1. The molecule has 4 aromatic rings. The molecule has 0 saturated heterocycles. The zero-order valence-corrected chi connectivity index (χ0v) is 16.1. The number of rotatable bonds is 6. The van der Waals surface area contributed by atoms with Gasteiger partial charge in [0.25, 0.3) is 5.91 Å². The molecule has 2 heterocycles. The highest BCUT2D eigenvalue weighted by atomic mass is 35.5. The highest BCUT2D eigenvalue weighted by Gasteiger charge is 2.12. The van der Waals surface area contributed by atoms with E-state index in [1.165, 1.54) is 5.56 Å². The van der Waals surface area contributed by atoms with Crippen molar-refractivity contribution in [3.63, 3.8) is 0 Å². The van der Waals surface area contributed by atoms with Crippen LogP contribution in [0, 0.1) is 0 Å². The second-order valence-electron chi connectivity index (χ2n) is 6.67. The van der Waals surface area contributed by atoms with E-state index in [2.05, 4.69) is 22.4 Å². The fourth-order valence-electron chi connectivity index (χ4n) is 3.25. The van der Waals surface area contributed by atoms with Crippen LogP contribution in [0.25, 0.3) is 5.65 Å². The van der Waals surface area contributed by atoms with Crippen molar-refractivity contribution < 1.29 is 4.79 Å². The van der Waals surface area contributed by atoms with Crippen molar-refractivity contribution in [3.05, 3.63) is 107 Å². The quantitative estimate of drug-likeness (QED) is 0.519. The minimum Gasteiger partial charge on any atom is -0.346 e. The van der Waals surface area contributed by atoms with Crippen molar-refractivity contribution in [3.8, 4) is 0 Å². The number of benzene rings is 2. The maximum absolute atomic E-state index is 12.8. The molecular formula is C23H20ClN3O. The first-order valence-corrected chi connectivity index (χ1v) is 9.60. The summed E-state index contributed by atoms with van der Waals surface area (Å²) in [5.41, 5.74) is 4.62. The van der Waals surface area contributed by atoms with Crippen molar-refractivity contribution in [1.82, 2.24) is 14.7 Å². The number of halogens is 1. The van der Waals surface area contributed by atoms with E-state index >= 15 is 0 Å². The van der Waals surface area contributed by atoms with E-state index in [9.17, 15) is 4.79 Å². The summed E-state index contributed by atoms with van der Waals surface area (Å²) in [6.45, 7) is 0.366. The van der Waals surface area contributed by atoms with Gasteiger partial charge in [0.2, 0.25) is 0 Å². The van der Waals surface area contributed by atoms with Crippen LogP contribution in [-0.2, 0) is 19.4 Å². The number of carbonyl (C=O) groups is 1. The monoisotopic (exact) mass is 389 g/mol. The maximum atomic E-state index is 12.8. The fourth-order valence-corrected chi connectivity index (χ4v) is 3.42. The third-order valence-corrected chi connectivity index (χ3v) is 4.91. The number of pyridine rings is 1.